The number of hydrogen-bond donors (Lipinski definition) is 0. The van der Waals surface area contributed by atoms with Crippen LogP contribution in [0.2, 0.25) is 0 Å². The zero-order valence-electron chi connectivity index (χ0n) is 8.29. The van der Waals surface area contributed by atoms with Crippen LogP contribution in [0.15, 0.2) is 18.3 Å². The summed E-state index contributed by atoms with van der Waals surface area (Å²) in [4.78, 5) is 14.5. The molecule has 15 heavy (non-hydrogen) atoms. The molecule has 0 radical (unpaired) electrons. The zero-order valence-corrected chi connectivity index (χ0v) is 9.10. The van der Waals surface area contributed by atoms with E-state index in [4.69, 9.17) is 0 Å². The second-order valence-electron chi connectivity index (χ2n) is 2.75. The average molecular weight is 223 g/mol. The molecule has 0 aromatic carbocycles. The molecule has 0 amide bonds. The van der Waals surface area contributed by atoms with E-state index < -0.39 is 0 Å². The number of rotatable bonds is 2. The Kier molecular flexibility index (Phi) is 4.85. The quantitative estimate of drug-likeness (QED) is 0.569. The predicted octanol–water partition coefficient (Wildman–Crippen LogP) is 2.24. The number of carbonyl (C=O) groups is 1. The molecule has 1 aromatic rings. The molecule has 0 aliphatic rings. The van der Waals surface area contributed by atoms with Gasteiger partial charge in [-0.05, 0) is 12.0 Å². The van der Waals surface area contributed by atoms with E-state index in [1.165, 1.54) is 37.0 Å². The van der Waals surface area contributed by atoms with Crippen molar-refractivity contribution in [2.45, 2.75) is 13.3 Å². The van der Waals surface area contributed by atoms with E-state index in [9.17, 15) is 9.18 Å². The highest BCUT2D eigenvalue weighted by molar-refractivity contribution is 8.13. The van der Waals surface area contributed by atoms with Gasteiger partial charge in [-0.1, -0.05) is 17.7 Å². The summed E-state index contributed by atoms with van der Waals surface area (Å²) in [7, 11) is 0. The molecule has 0 unspecified atom stereocenters. The van der Waals surface area contributed by atoms with Crippen LogP contribution in [0.5, 0.6) is 0 Å². The van der Waals surface area contributed by atoms with E-state index in [1.54, 1.807) is 0 Å². The molecule has 0 spiro atoms. The van der Waals surface area contributed by atoms with Crippen LogP contribution >= 0.6 is 11.8 Å². The van der Waals surface area contributed by atoms with Crippen LogP contribution in [0, 0.1) is 17.7 Å². The van der Waals surface area contributed by atoms with Gasteiger partial charge in [-0.3, -0.25) is 4.79 Å². The minimum Gasteiger partial charge on any atom is -0.288 e. The van der Waals surface area contributed by atoms with E-state index >= 15 is 0 Å². The van der Waals surface area contributed by atoms with Crippen molar-refractivity contribution in [1.29, 1.82) is 0 Å². The first-order chi connectivity index (χ1) is 7.18. The predicted molar refractivity (Wildman–Crippen MR) is 58.8 cm³/mol. The minimum absolute atomic E-state index is 0.0840. The van der Waals surface area contributed by atoms with E-state index in [0.29, 0.717) is 17.9 Å². The van der Waals surface area contributed by atoms with Crippen LogP contribution in [0.4, 0.5) is 4.39 Å². The summed E-state index contributed by atoms with van der Waals surface area (Å²) < 4.78 is 12.7. The van der Waals surface area contributed by atoms with E-state index in [1.807, 2.05) is 0 Å². The molecule has 1 rings (SSSR count). The Labute approximate surface area is 92.3 Å². The summed E-state index contributed by atoms with van der Waals surface area (Å²) in [6, 6.07) is 2.56. The topological polar surface area (TPSA) is 30.0 Å². The number of aromatic nitrogens is 1. The summed E-state index contributed by atoms with van der Waals surface area (Å²) in [5.41, 5.74) is 0.419. The number of thioether (sulfide) groups is 1. The van der Waals surface area contributed by atoms with Crippen molar-refractivity contribution < 1.29 is 9.18 Å². The number of halogens is 1. The Balaban J connectivity index is 2.41. The Morgan fingerprint density at radius 3 is 3.13 bits per heavy atom. The standard InChI is InChI=1S/C11H10FNOS/c1-9(14)15-7-3-2-4-11-8-10(12)5-6-13-11/h5-6,8H,3,7H2,1H3. The van der Waals surface area contributed by atoms with Gasteiger partial charge in [0.15, 0.2) is 5.12 Å². The highest BCUT2D eigenvalue weighted by Gasteiger charge is 1.92. The lowest BCUT2D eigenvalue weighted by Gasteiger charge is -1.90. The van der Waals surface area contributed by atoms with Gasteiger partial charge in [0.05, 0.1) is 0 Å². The fourth-order valence-corrected chi connectivity index (χ4v) is 1.36. The summed E-state index contributed by atoms with van der Waals surface area (Å²) in [5.74, 6) is 5.89. The molecule has 0 N–H and O–H groups in total. The summed E-state index contributed by atoms with van der Waals surface area (Å²) >= 11 is 1.23. The van der Waals surface area contributed by atoms with Crippen LogP contribution in [-0.2, 0) is 4.79 Å². The van der Waals surface area contributed by atoms with Gasteiger partial charge in [0.1, 0.15) is 11.5 Å². The van der Waals surface area contributed by atoms with Gasteiger partial charge in [0.2, 0.25) is 0 Å². The van der Waals surface area contributed by atoms with Gasteiger partial charge in [-0.15, -0.1) is 0 Å². The number of hydrogen-bond acceptors (Lipinski definition) is 3. The third-order valence-electron chi connectivity index (χ3n) is 1.47. The molecule has 0 atom stereocenters. The molecule has 0 aliphatic heterocycles. The normalized spacial score (nSPS) is 9.20. The third kappa shape index (κ3) is 5.18. The maximum absolute atomic E-state index is 12.7. The first kappa shape index (κ1) is 11.7. The third-order valence-corrected chi connectivity index (χ3v) is 2.29. The molecule has 0 bridgehead atoms. The fraction of sp³-hybridized carbons (Fsp3) is 0.273. The van der Waals surface area contributed by atoms with E-state index in [0.717, 1.165) is 0 Å². The lowest BCUT2D eigenvalue weighted by atomic mass is 10.3. The molecule has 78 valence electrons. The number of pyridine rings is 1. The van der Waals surface area contributed by atoms with Crippen molar-refractivity contribution in [3.8, 4) is 11.8 Å². The summed E-state index contributed by atoms with van der Waals surface area (Å²) in [6.45, 7) is 1.52. The molecular weight excluding hydrogens is 213 g/mol. The first-order valence-electron chi connectivity index (χ1n) is 4.42. The average Bonchev–Trinajstić information content (AvgIpc) is 2.17. The van der Waals surface area contributed by atoms with E-state index in [2.05, 4.69) is 16.8 Å². The molecule has 4 heteroatoms. The van der Waals surface area contributed by atoms with Crippen LogP contribution < -0.4 is 0 Å². The largest absolute Gasteiger partial charge is 0.288 e. The van der Waals surface area contributed by atoms with Gasteiger partial charge in [-0.25, -0.2) is 9.37 Å². The van der Waals surface area contributed by atoms with Crippen molar-refractivity contribution in [2.75, 3.05) is 5.75 Å². The van der Waals surface area contributed by atoms with Crippen molar-refractivity contribution >= 4 is 16.9 Å². The molecule has 0 saturated heterocycles. The summed E-state index contributed by atoms with van der Waals surface area (Å²) in [6.07, 6.45) is 1.98. The SMILES string of the molecule is CC(=O)SCCC#Cc1cc(F)ccn1. The lowest BCUT2D eigenvalue weighted by Crippen LogP contribution is -1.85. The Morgan fingerprint density at radius 2 is 2.47 bits per heavy atom. The monoisotopic (exact) mass is 223 g/mol. The number of nitrogens with zero attached hydrogens (tertiary/aromatic N) is 1. The van der Waals surface area contributed by atoms with Crippen LogP contribution in [-0.4, -0.2) is 15.9 Å². The smallest absolute Gasteiger partial charge is 0.185 e. The van der Waals surface area contributed by atoms with Gasteiger partial charge in [-0.2, -0.15) is 0 Å². The van der Waals surface area contributed by atoms with Crippen molar-refractivity contribution in [3.05, 3.63) is 29.8 Å². The van der Waals surface area contributed by atoms with Gasteiger partial charge in [0.25, 0.3) is 0 Å². The molecule has 2 nitrogen and oxygen atoms in total. The minimum atomic E-state index is -0.340. The van der Waals surface area contributed by atoms with Crippen molar-refractivity contribution in [3.63, 3.8) is 0 Å². The summed E-state index contributed by atoms with van der Waals surface area (Å²) in [5, 5.41) is 0.0840. The molecule has 0 fully saturated rings. The Hall–Kier alpha value is -1.34. The Morgan fingerprint density at radius 1 is 1.67 bits per heavy atom. The fourth-order valence-electron chi connectivity index (χ4n) is 0.872. The maximum Gasteiger partial charge on any atom is 0.185 e. The molecule has 0 aliphatic carbocycles. The zero-order chi connectivity index (χ0) is 11.1. The van der Waals surface area contributed by atoms with E-state index in [-0.39, 0.29) is 10.9 Å². The van der Waals surface area contributed by atoms with Gasteiger partial charge < -0.3 is 0 Å². The highest BCUT2D eigenvalue weighted by atomic mass is 32.2. The molecule has 0 saturated carbocycles. The van der Waals surface area contributed by atoms with Crippen molar-refractivity contribution in [1.82, 2.24) is 4.98 Å². The molecule has 1 heterocycles. The second kappa shape index (κ2) is 6.20. The molecule has 1 aromatic heterocycles. The van der Waals surface area contributed by atoms with Crippen LogP contribution in [0.1, 0.15) is 19.0 Å². The van der Waals surface area contributed by atoms with Gasteiger partial charge >= 0.3 is 0 Å². The van der Waals surface area contributed by atoms with Crippen LogP contribution in [0.3, 0.4) is 0 Å². The van der Waals surface area contributed by atoms with Crippen LogP contribution in [0.25, 0.3) is 0 Å². The van der Waals surface area contributed by atoms with Crippen molar-refractivity contribution in [2.24, 2.45) is 0 Å². The first-order valence-corrected chi connectivity index (χ1v) is 5.41. The second-order valence-corrected chi connectivity index (χ2v) is 4.02. The lowest BCUT2D eigenvalue weighted by molar-refractivity contribution is -0.109. The maximum atomic E-state index is 12.7. The molecular formula is C11H10FNOS. The van der Waals surface area contributed by atoms with Gasteiger partial charge in [0, 0.05) is 31.4 Å². The number of carbonyl (C=O) groups excluding carboxylic acids is 1. The Bertz CT molecular complexity index is 409. The highest BCUT2D eigenvalue weighted by Crippen LogP contribution is 2.02.